The van der Waals surface area contributed by atoms with Crippen LogP contribution in [0.3, 0.4) is 0 Å². The molecule has 0 fully saturated rings. The molecule has 21 heavy (non-hydrogen) atoms. The SMILES string of the molecule is CCn1c(=C(C#N)C#N)sc(=Cc2ccc(C)cc2)c1=O. The first kappa shape index (κ1) is 14.8. The molecule has 0 radical (unpaired) electrons. The molecule has 1 aromatic carbocycles. The normalized spacial score (nSPS) is 11.0. The van der Waals surface area contributed by atoms with Crippen LogP contribution in [0.1, 0.15) is 18.1 Å². The van der Waals surface area contributed by atoms with Crippen molar-refractivity contribution in [1.82, 2.24) is 4.57 Å². The average molecular weight is 295 g/mol. The molecular formula is C16H13N3OS. The molecule has 0 aliphatic carbocycles. The maximum atomic E-state index is 12.3. The molecule has 2 rings (SSSR count). The van der Waals surface area contributed by atoms with Gasteiger partial charge in [-0.1, -0.05) is 29.8 Å². The first-order chi connectivity index (χ1) is 10.1. The minimum atomic E-state index is -0.166. The fraction of sp³-hybridized carbons (Fsp3) is 0.188. The largest absolute Gasteiger partial charge is 0.298 e. The van der Waals surface area contributed by atoms with Gasteiger partial charge in [0.1, 0.15) is 16.8 Å². The van der Waals surface area contributed by atoms with Crippen molar-refractivity contribution in [2.24, 2.45) is 0 Å². The maximum Gasteiger partial charge on any atom is 0.269 e. The van der Waals surface area contributed by atoms with E-state index in [0.29, 0.717) is 15.7 Å². The number of rotatable bonds is 2. The second-order valence-electron chi connectivity index (χ2n) is 4.47. The predicted molar refractivity (Wildman–Crippen MR) is 82.9 cm³/mol. The van der Waals surface area contributed by atoms with E-state index in [1.54, 1.807) is 6.08 Å². The quantitative estimate of drug-likeness (QED) is 0.837. The second kappa shape index (κ2) is 6.21. The minimum absolute atomic E-state index is 0.0255. The van der Waals surface area contributed by atoms with Crippen LogP contribution in [0.4, 0.5) is 0 Å². The van der Waals surface area contributed by atoms with Gasteiger partial charge in [-0.25, -0.2) is 0 Å². The van der Waals surface area contributed by atoms with Crippen LogP contribution < -0.4 is 14.8 Å². The summed E-state index contributed by atoms with van der Waals surface area (Å²) in [5.41, 5.74) is 1.88. The van der Waals surface area contributed by atoms with E-state index < -0.39 is 0 Å². The molecule has 2 aromatic rings. The molecule has 0 unspecified atom stereocenters. The van der Waals surface area contributed by atoms with Crippen molar-refractivity contribution in [3.05, 3.63) is 54.9 Å². The molecule has 0 aliphatic heterocycles. The van der Waals surface area contributed by atoms with Gasteiger partial charge in [0, 0.05) is 6.54 Å². The zero-order valence-electron chi connectivity index (χ0n) is 11.8. The Bertz CT molecular complexity index is 902. The molecule has 0 atom stereocenters. The van der Waals surface area contributed by atoms with Crippen molar-refractivity contribution in [2.75, 3.05) is 0 Å². The summed E-state index contributed by atoms with van der Waals surface area (Å²) in [7, 11) is 0. The van der Waals surface area contributed by atoms with Gasteiger partial charge in [-0.2, -0.15) is 10.5 Å². The van der Waals surface area contributed by atoms with E-state index in [0.717, 1.165) is 11.1 Å². The van der Waals surface area contributed by atoms with Gasteiger partial charge in [0.15, 0.2) is 5.57 Å². The lowest BCUT2D eigenvalue weighted by Gasteiger charge is -1.93. The van der Waals surface area contributed by atoms with Crippen molar-refractivity contribution in [3.8, 4) is 12.1 Å². The number of thiazole rings is 1. The summed E-state index contributed by atoms with van der Waals surface area (Å²) in [5, 5.41) is 18.0. The van der Waals surface area contributed by atoms with Crippen LogP contribution >= 0.6 is 11.3 Å². The molecule has 4 nitrogen and oxygen atoms in total. The highest BCUT2D eigenvalue weighted by atomic mass is 32.1. The van der Waals surface area contributed by atoms with Gasteiger partial charge in [0.05, 0.1) is 4.53 Å². The Labute approximate surface area is 126 Å². The van der Waals surface area contributed by atoms with Crippen LogP contribution in [0.15, 0.2) is 29.1 Å². The number of hydrogen-bond donors (Lipinski definition) is 0. The Balaban J connectivity index is 2.77. The lowest BCUT2D eigenvalue weighted by atomic mass is 10.1. The smallest absolute Gasteiger partial charge is 0.269 e. The Kier molecular flexibility index (Phi) is 4.37. The van der Waals surface area contributed by atoms with Crippen molar-refractivity contribution in [1.29, 1.82) is 10.5 Å². The highest BCUT2D eigenvalue weighted by Crippen LogP contribution is 2.03. The third-order valence-corrected chi connectivity index (χ3v) is 4.17. The molecule has 0 saturated carbocycles. The molecule has 5 heteroatoms. The molecule has 0 bridgehead atoms. The molecule has 0 saturated heterocycles. The number of aromatic nitrogens is 1. The van der Waals surface area contributed by atoms with Crippen LogP contribution in [0.5, 0.6) is 0 Å². The van der Waals surface area contributed by atoms with Gasteiger partial charge in [0.2, 0.25) is 0 Å². The second-order valence-corrected chi connectivity index (χ2v) is 5.51. The van der Waals surface area contributed by atoms with E-state index >= 15 is 0 Å². The summed E-state index contributed by atoms with van der Waals surface area (Å²) >= 11 is 1.18. The Hall–Kier alpha value is -2.63. The molecule has 0 spiro atoms. The molecule has 0 amide bonds. The fourth-order valence-electron chi connectivity index (χ4n) is 1.93. The van der Waals surface area contributed by atoms with Crippen LogP contribution in [0, 0.1) is 29.6 Å². The maximum absolute atomic E-state index is 12.3. The average Bonchev–Trinajstić information content (AvgIpc) is 2.79. The van der Waals surface area contributed by atoms with E-state index in [4.69, 9.17) is 10.5 Å². The van der Waals surface area contributed by atoms with Gasteiger partial charge in [0.25, 0.3) is 5.56 Å². The van der Waals surface area contributed by atoms with E-state index in [1.165, 1.54) is 15.9 Å². The lowest BCUT2D eigenvalue weighted by molar-refractivity contribution is 0.722. The standard InChI is InChI=1S/C16H13N3OS/c1-3-19-15(20)14(21-16(19)13(9-17)10-18)8-12-6-4-11(2)5-7-12/h4-8H,3H2,1-2H3. The summed E-state index contributed by atoms with van der Waals surface area (Å²) in [6, 6.07) is 11.5. The molecule has 1 aromatic heterocycles. The summed E-state index contributed by atoms with van der Waals surface area (Å²) in [4.78, 5) is 12.3. The number of benzene rings is 1. The Morgan fingerprint density at radius 2 is 1.90 bits per heavy atom. The number of nitriles is 2. The summed E-state index contributed by atoms with van der Waals surface area (Å²) < 4.78 is 2.41. The monoisotopic (exact) mass is 295 g/mol. The molecule has 0 N–H and O–H groups in total. The molecule has 104 valence electrons. The first-order valence-electron chi connectivity index (χ1n) is 6.43. The van der Waals surface area contributed by atoms with E-state index in [9.17, 15) is 4.79 Å². The fourth-order valence-corrected chi connectivity index (χ4v) is 3.04. The van der Waals surface area contributed by atoms with Crippen LogP contribution in [-0.2, 0) is 6.54 Å². The zero-order chi connectivity index (χ0) is 15.4. The van der Waals surface area contributed by atoms with Crippen molar-refractivity contribution < 1.29 is 0 Å². The summed E-state index contributed by atoms with van der Waals surface area (Å²) in [6.07, 6.45) is 1.79. The predicted octanol–water partition coefficient (Wildman–Crippen LogP) is 1.26. The van der Waals surface area contributed by atoms with E-state index in [-0.39, 0.29) is 11.1 Å². The first-order valence-corrected chi connectivity index (χ1v) is 7.25. The third-order valence-electron chi connectivity index (χ3n) is 3.04. The molecule has 1 heterocycles. The van der Waals surface area contributed by atoms with Gasteiger partial charge in [-0.3, -0.25) is 9.36 Å². The molecular weight excluding hydrogens is 282 g/mol. The van der Waals surface area contributed by atoms with Crippen molar-refractivity contribution in [2.45, 2.75) is 20.4 Å². The Morgan fingerprint density at radius 3 is 2.43 bits per heavy atom. The van der Waals surface area contributed by atoms with Gasteiger partial charge in [-0.15, -0.1) is 11.3 Å². The van der Waals surface area contributed by atoms with E-state index in [2.05, 4.69) is 0 Å². The minimum Gasteiger partial charge on any atom is -0.298 e. The van der Waals surface area contributed by atoms with Crippen molar-refractivity contribution >= 4 is 23.0 Å². The van der Waals surface area contributed by atoms with E-state index in [1.807, 2.05) is 50.3 Å². The van der Waals surface area contributed by atoms with Gasteiger partial charge in [-0.05, 0) is 25.5 Å². The lowest BCUT2D eigenvalue weighted by Crippen LogP contribution is -2.31. The Morgan fingerprint density at radius 1 is 1.29 bits per heavy atom. The summed E-state index contributed by atoms with van der Waals surface area (Å²) in [5.74, 6) is 0. The zero-order valence-corrected chi connectivity index (χ0v) is 12.6. The highest BCUT2D eigenvalue weighted by Gasteiger charge is 2.07. The van der Waals surface area contributed by atoms with Crippen LogP contribution in [0.25, 0.3) is 11.6 Å². The van der Waals surface area contributed by atoms with Crippen LogP contribution in [-0.4, -0.2) is 4.57 Å². The van der Waals surface area contributed by atoms with Crippen LogP contribution in [0.2, 0.25) is 0 Å². The highest BCUT2D eigenvalue weighted by molar-refractivity contribution is 7.07. The number of nitrogens with zero attached hydrogens (tertiary/aromatic N) is 3. The van der Waals surface area contributed by atoms with Gasteiger partial charge < -0.3 is 0 Å². The topological polar surface area (TPSA) is 69.6 Å². The number of aryl methyl sites for hydroxylation is 1. The molecule has 0 aliphatic rings. The number of hydrogen-bond acceptors (Lipinski definition) is 4. The van der Waals surface area contributed by atoms with Gasteiger partial charge >= 0.3 is 0 Å². The summed E-state index contributed by atoms with van der Waals surface area (Å²) in [6.45, 7) is 4.25. The van der Waals surface area contributed by atoms with Crippen molar-refractivity contribution in [3.63, 3.8) is 0 Å². The third kappa shape index (κ3) is 2.94.